The van der Waals surface area contributed by atoms with Crippen LogP contribution in [0.3, 0.4) is 0 Å². The molecule has 1 aromatic carbocycles. The fraction of sp³-hybridized carbons (Fsp3) is 0.333. The van der Waals surface area contributed by atoms with Crippen LogP contribution in [-0.4, -0.2) is 4.92 Å². The summed E-state index contributed by atoms with van der Waals surface area (Å²) < 4.78 is 0. The molecular formula is C9H10BrNO2. The van der Waals surface area contributed by atoms with Crippen LogP contribution in [0, 0.1) is 24.0 Å². The van der Waals surface area contributed by atoms with E-state index in [0.29, 0.717) is 5.33 Å². The molecule has 0 N–H and O–H groups in total. The first-order valence-corrected chi connectivity index (χ1v) is 4.99. The summed E-state index contributed by atoms with van der Waals surface area (Å²) >= 11 is 3.25. The molecule has 0 aliphatic heterocycles. The molecule has 0 aliphatic rings. The van der Waals surface area contributed by atoms with E-state index in [-0.39, 0.29) is 10.6 Å². The zero-order valence-corrected chi connectivity index (χ0v) is 9.09. The molecule has 3 nitrogen and oxygen atoms in total. The van der Waals surface area contributed by atoms with Gasteiger partial charge < -0.3 is 0 Å². The normalized spacial score (nSPS) is 10.1. The number of hydrogen-bond donors (Lipinski definition) is 0. The Hall–Kier alpha value is -0.900. The molecule has 0 amide bonds. The molecule has 70 valence electrons. The quantitative estimate of drug-likeness (QED) is 0.455. The van der Waals surface area contributed by atoms with Crippen molar-refractivity contribution in [2.45, 2.75) is 19.2 Å². The predicted molar refractivity (Wildman–Crippen MR) is 55.2 cm³/mol. The SMILES string of the molecule is Cc1cc(C)c(CBr)c([N+](=O)[O-])c1. The standard InChI is InChI=1S/C9H10BrNO2/c1-6-3-7(2)8(5-10)9(4-6)11(12)13/h3-4H,5H2,1-2H3. The van der Waals surface area contributed by atoms with E-state index < -0.39 is 0 Å². The molecule has 0 atom stereocenters. The Morgan fingerprint density at radius 3 is 2.54 bits per heavy atom. The van der Waals surface area contributed by atoms with Gasteiger partial charge in [0.1, 0.15) is 0 Å². The summed E-state index contributed by atoms with van der Waals surface area (Å²) in [5, 5.41) is 11.2. The van der Waals surface area contributed by atoms with Crippen LogP contribution >= 0.6 is 15.9 Å². The van der Waals surface area contributed by atoms with Crippen LogP contribution in [0.1, 0.15) is 16.7 Å². The third-order valence-electron chi connectivity index (χ3n) is 1.92. The Kier molecular flexibility index (Phi) is 3.03. The second-order valence-corrected chi connectivity index (χ2v) is 3.53. The molecule has 0 fully saturated rings. The van der Waals surface area contributed by atoms with E-state index in [2.05, 4.69) is 15.9 Å². The van der Waals surface area contributed by atoms with E-state index in [1.807, 2.05) is 19.9 Å². The van der Waals surface area contributed by atoms with Gasteiger partial charge in [-0.05, 0) is 25.0 Å². The Morgan fingerprint density at radius 2 is 2.08 bits per heavy atom. The molecular weight excluding hydrogens is 234 g/mol. The monoisotopic (exact) mass is 243 g/mol. The number of alkyl halides is 1. The summed E-state index contributed by atoms with van der Waals surface area (Å²) in [7, 11) is 0. The summed E-state index contributed by atoms with van der Waals surface area (Å²) in [5.74, 6) is 0. The zero-order chi connectivity index (χ0) is 10.0. The van der Waals surface area contributed by atoms with Gasteiger partial charge >= 0.3 is 0 Å². The molecule has 13 heavy (non-hydrogen) atoms. The first-order valence-electron chi connectivity index (χ1n) is 3.86. The van der Waals surface area contributed by atoms with E-state index >= 15 is 0 Å². The third kappa shape index (κ3) is 2.06. The van der Waals surface area contributed by atoms with Gasteiger partial charge in [0.25, 0.3) is 5.69 Å². The Balaban J connectivity index is 3.38. The van der Waals surface area contributed by atoms with Crippen molar-refractivity contribution in [2.75, 3.05) is 0 Å². The van der Waals surface area contributed by atoms with Crippen molar-refractivity contribution in [1.29, 1.82) is 0 Å². The average molecular weight is 244 g/mol. The van der Waals surface area contributed by atoms with E-state index in [9.17, 15) is 10.1 Å². The highest BCUT2D eigenvalue weighted by Gasteiger charge is 2.14. The largest absolute Gasteiger partial charge is 0.273 e. The maximum atomic E-state index is 10.7. The van der Waals surface area contributed by atoms with E-state index in [1.54, 1.807) is 6.07 Å². The fourth-order valence-electron chi connectivity index (χ4n) is 1.31. The Bertz CT molecular complexity index is 350. The molecule has 0 bridgehead atoms. The highest BCUT2D eigenvalue weighted by atomic mass is 79.9. The van der Waals surface area contributed by atoms with Gasteiger partial charge in [0.2, 0.25) is 0 Å². The molecule has 0 saturated carbocycles. The summed E-state index contributed by atoms with van der Waals surface area (Å²) in [6, 6.07) is 3.55. The molecule has 4 heteroatoms. The second-order valence-electron chi connectivity index (χ2n) is 2.97. The summed E-state index contributed by atoms with van der Waals surface area (Å²) in [6.45, 7) is 3.74. The minimum Gasteiger partial charge on any atom is -0.258 e. The van der Waals surface area contributed by atoms with Gasteiger partial charge in [-0.2, -0.15) is 0 Å². The number of aryl methyl sites for hydroxylation is 2. The summed E-state index contributed by atoms with van der Waals surface area (Å²) in [5.41, 5.74) is 2.85. The lowest BCUT2D eigenvalue weighted by molar-refractivity contribution is -0.385. The average Bonchev–Trinajstić information content (AvgIpc) is 2.02. The van der Waals surface area contributed by atoms with Gasteiger partial charge in [-0.1, -0.05) is 22.0 Å². The van der Waals surface area contributed by atoms with Crippen LogP contribution in [0.25, 0.3) is 0 Å². The highest BCUT2D eigenvalue weighted by molar-refractivity contribution is 9.08. The second kappa shape index (κ2) is 3.87. The molecule has 0 heterocycles. The molecule has 1 aromatic rings. The lowest BCUT2D eigenvalue weighted by Crippen LogP contribution is -1.96. The van der Waals surface area contributed by atoms with E-state index in [0.717, 1.165) is 16.7 Å². The van der Waals surface area contributed by atoms with Gasteiger partial charge in [-0.25, -0.2) is 0 Å². The minimum atomic E-state index is -0.337. The molecule has 0 saturated heterocycles. The number of nitro groups is 1. The molecule has 0 aliphatic carbocycles. The van der Waals surface area contributed by atoms with E-state index in [1.165, 1.54) is 0 Å². The van der Waals surface area contributed by atoms with Crippen LogP contribution in [0.4, 0.5) is 5.69 Å². The van der Waals surface area contributed by atoms with Crippen LogP contribution in [0.2, 0.25) is 0 Å². The number of benzene rings is 1. The van der Waals surface area contributed by atoms with Gasteiger partial charge in [0.15, 0.2) is 0 Å². The van der Waals surface area contributed by atoms with Gasteiger partial charge in [-0.3, -0.25) is 10.1 Å². The van der Waals surface area contributed by atoms with Crippen molar-refractivity contribution in [2.24, 2.45) is 0 Å². The lowest BCUT2D eigenvalue weighted by Gasteiger charge is -2.04. The van der Waals surface area contributed by atoms with Gasteiger partial charge in [0, 0.05) is 17.0 Å². The first-order chi connectivity index (χ1) is 6.06. The zero-order valence-electron chi connectivity index (χ0n) is 7.50. The topological polar surface area (TPSA) is 43.1 Å². The van der Waals surface area contributed by atoms with Crippen molar-refractivity contribution >= 4 is 21.6 Å². The molecule has 0 unspecified atom stereocenters. The van der Waals surface area contributed by atoms with Crippen molar-refractivity contribution < 1.29 is 4.92 Å². The molecule has 0 radical (unpaired) electrons. The van der Waals surface area contributed by atoms with Gasteiger partial charge in [0.05, 0.1) is 4.92 Å². The maximum absolute atomic E-state index is 10.7. The van der Waals surface area contributed by atoms with Crippen LogP contribution < -0.4 is 0 Å². The Labute approximate surface area is 85.0 Å². The lowest BCUT2D eigenvalue weighted by atomic mass is 10.1. The van der Waals surface area contributed by atoms with Crippen LogP contribution in [-0.2, 0) is 5.33 Å². The predicted octanol–water partition coefficient (Wildman–Crippen LogP) is 3.11. The third-order valence-corrected chi connectivity index (χ3v) is 2.48. The van der Waals surface area contributed by atoms with E-state index in [4.69, 9.17) is 0 Å². The van der Waals surface area contributed by atoms with Crippen LogP contribution in [0.5, 0.6) is 0 Å². The Morgan fingerprint density at radius 1 is 1.46 bits per heavy atom. The highest BCUT2D eigenvalue weighted by Crippen LogP contribution is 2.25. The number of nitro benzene ring substituents is 1. The number of nitrogens with zero attached hydrogens (tertiary/aromatic N) is 1. The fourth-order valence-corrected chi connectivity index (χ4v) is 2.04. The molecule has 0 spiro atoms. The van der Waals surface area contributed by atoms with Crippen molar-refractivity contribution in [1.82, 2.24) is 0 Å². The smallest absolute Gasteiger partial charge is 0.258 e. The van der Waals surface area contributed by atoms with Crippen LogP contribution in [0.15, 0.2) is 12.1 Å². The maximum Gasteiger partial charge on any atom is 0.273 e. The summed E-state index contributed by atoms with van der Waals surface area (Å²) in [6.07, 6.45) is 0. The number of hydrogen-bond acceptors (Lipinski definition) is 2. The summed E-state index contributed by atoms with van der Waals surface area (Å²) in [4.78, 5) is 10.3. The number of rotatable bonds is 2. The van der Waals surface area contributed by atoms with Crippen molar-refractivity contribution in [3.63, 3.8) is 0 Å². The van der Waals surface area contributed by atoms with Crippen molar-refractivity contribution in [3.8, 4) is 0 Å². The number of halogens is 1. The van der Waals surface area contributed by atoms with Gasteiger partial charge in [-0.15, -0.1) is 0 Å². The molecule has 0 aromatic heterocycles. The minimum absolute atomic E-state index is 0.203. The first kappa shape index (κ1) is 10.2. The molecule has 1 rings (SSSR count). The van der Waals surface area contributed by atoms with Crippen molar-refractivity contribution in [3.05, 3.63) is 38.9 Å².